The lowest BCUT2D eigenvalue weighted by molar-refractivity contribution is 0.00988. The molecule has 1 aromatic rings. The fourth-order valence-corrected chi connectivity index (χ4v) is 4.74. The molecule has 0 bridgehead atoms. The van der Waals surface area contributed by atoms with E-state index in [1.165, 1.54) is 31.5 Å². The molecule has 0 spiro atoms. The summed E-state index contributed by atoms with van der Waals surface area (Å²) < 4.78 is 5.56. The second-order valence-corrected chi connectivity index (χ2v) is 8.57. The molecular weight excluding hydrogens is 350 g/mol. The lowest BCUT2D eigenvalue weighted by Gasteiger charge is -2.47. The first kappa shape index (κ1) is 21.6. The first-order chi connectivity index (χ1) is 13.6. The van der Waals surface area contributed by atoms with E-state index in [4.69, 9.17) is 4.74 Å². The zero-order valence-electron chi connectivity index (χ0n) is 18.0. The fraction of sp³-hybridized carbons (Fsp3) is 0.739. The zero-order chi connectivity index (χ0) is 19.9. The van der Waals surface area contributed by atoms with Crippen molar-refractivity contribution in [1.82, 2.24) is 14.7 Å². The second kappa shape index (κ2) is 10.6. The van der Waals surface area contributed by atoms with E-state index in [0.29, 0.717) is 24.7 Å². The maximum Gasteiger partial charge on any atom is 0.119 e. The third-order valence-corrected chi connectivity index (χ3v) is 6.46. The molecule has 5 nitrogen and oxygen atoms in total. The van der Waals surface area contributed by atoms with Gasteiger partial charge in [-0.2, -0.15) is 0 Å². The van der Waals surface area contributed by atoms with Crippen LogP contribution in [0.1, 0.15) is 45.6 Å². The van der Waals surface area contributed by atoms with Crippen molar-refractivity contribution in [2.45, 2.75) is 64.7 Å². The van der Waals surface area contributed by atoms with Gasteiger partial charge >= 0.3 is 0 Å². The summed E-state index contributed by atoms with van der Waals surface area (Å²) >= 11 is 0. The molecule has 5 heteroatoms. The molecule has 1 aromatic carbocycles. The first-order valence-electron chi connectivity index (χ1n) is 11.2. The summed E-state index contributed by atoms with van der Waals surface area (Å²) in [5.74, 6) is 0.940. The Morgan fingerprint density at radius 2 is 1.79 bits per heavy atom. The van der Waals surface area contributed by atoms with Crippen molar-refractivity contribution in [1.29, 1.82) is 0 Å². The number of ether oxygens (including phenoxy) is 1. The average molecular weight is 390 g/mol. The van der Waals surface area contributed by atoms with Gasteiger partial charge in [0.1, 0.15) is 5.75 Å². The number of nitrogens with zero attached hydrogens (tertiary/aromatic N) is 3. The Morgan fingerprint density at radius 3 is 2.39 bits per heavy atom. The van der Waals surface area contributed by atoms with Gasteiger partial charge in [0, 0.05) is 50.9 Å². The number of hydrogen-bond donors (Lipinski definition) is 1. The Hall–Kier alpha value is -1.14. The summed E-state index contributed by atoms with van der Waals surface area (Å²) in [7, 11) is 0. The highest BCUT2D eigenvalue weighted by molar-refractivity contribution is 5.27. The molecule has 0 radical (unpaired) electrons. The normalized spacial score (nSPS) is 23.4. The minimum absolute atomic E-state index is 0.268. The fourth-order valence-electron chi connectivity index (χ4n) is 4.74. The van der Waals surface area contributed by atoms with Crippen molar-refractivity contribution < 1.29 is 9.84 Å². The quantitative estimate of drug-likeness (QED) is 0.740. The summed E-state index contributed by atoms with van der Waals surface area (Å²) in [6.45, 7) is 14.3. The van der Waals surface area contributed by atoms with Gasteiger partial charge in [0.05, 0.1) is 6.61 Å². The van der Waals surface area contributed by atoms with E-state index in [2.05, 4.69) is 52.8 Å². The smallest absolute Gasteiger partial charge is 0.119 e. The maximum atomic E-state index is 9.62. The Labute approximate surface area is 171 Å². The van der Waals surface area contributed by atoms with Gasteiger partial charge in [-0.3, -0.25) is 9.80 Å². The second-order valence-electron chi connectivity index (χ2n) is 8.57. The van der Waals surface area contributed by atoms with E-state index in [1.54, 1.807) is 0 Å². The van der Waals surface area contributed by atoms with Crippen LogP contribution in [-0.4, -0.2) is 83.9 Å². The van der Waals surface area contributed by atoms with Crippen molar-refractivity contribution >= 4 is 0 Å². The standard InChI is InChI=1S/C23H39N3O2/c1-4-28-23-7-5-20(6-8-23)17-25-14-15-26(18-22(25)11-16-27)21-9-12-24(13-10-21)19(2)3/h5-8,19,21-22,27H,4,9-18H2,1-3H3. The van der Waals surface area contributed by atoms with Gasteiger partial charge in [0.2, 0.25) is 0 Å². The van der Waals surface area contributed by atoms with Crippen LogP contribution in [0.25, 0.3) is 0 Å². The molecule has 1 unspecified atom stereocenters. The van der Waals surface area contributed by atoms with Gasteiger partial charge < -0.3 is 14.7 Å². The van der Waals surface area contributed by atoms with E-state index in [1.807, 2.05) is 6.92 Å². The topological polar surface area (TPSA) is 39.2 Å². The van der Waals surface area contributed by atoms with Gasteiger partial charge in [-0.05, 0) is 70.8 Å². The molecule has 0 saturated carbocycles. The largest absolute Gasteiger partial charge is 0.494 e. The Bertz CT molecular complexity index is 570. The van der Waals surface area contributed by atoms with Crippen molar-refractivity contribution in [3.63, 3.8) is 0 Å². The summed E-state index contributed by atoms with van der Waals surface area (Å²) in [5.41, 5.74) is 1.32. The van der Waals surface area contributed by atoms with E-state index in [0.717, 1.165) is 38.3 Å². The molecule has 0 amide bonds. The van der Waals surface area contributed by atoms with Crippen molar-refractivity contribution in [2.75, 3.05) is 45.9 Å². The monoisotopic (exact) mass is 389 g/mol. The van der Waals surface area contributed by atoms with Gasteiger partial charge in [-0.25, -0.2) is 0 Å². The number of piperazine rings is 1. The van der Waals surface area contributed by atoms with E-state index >= 15 is 0 Å². The van der Waals surface area contributed by atoms with Crippen LogP contribution in [0.15, 0.2) is 24.3 Å². The summed E-state index contributed by atoms with van der Waals surface area (Å²) in [5, 5.41) is 9.62. The number of piperidine rings is 1. The number of aliphatic hydroxyl groups is 1. The minimum Gasteiger partial charge on any atom is -0.494 e. The molecule has 1 N–H and O–H groups in total. The molecule has 1 atom stereocenters. The maximum absolute atomic E-state index is 9.62. The Kier molecular flexibility index (Phi) is 8.15. The lowest BCUT2D eigenvalue weighted by atomic mass is 9.98. The third-order valence-electron chi connectivity index (χ3n) is 6.46. The molecule has 0 aliphatic carbocycles. The summed E-state index contributed by atoms with van der Waals surface area (Å²) in [6.07, 6.45) is 3.42. The van der Waals surface area contributed by atoms with Crippen molar-refractivity contribution in [3.05, 3.63) is 29.8 Å². The number of benzene rings is 1. The van der Waals surface area contributed by atoms with E-state index in [9.17, 15) is 5.11 Å². The minimum atomic E-state index is 0.268. The highest BCUT2D eigenvalue weighted by atomic mass is 16.5. The molecule has 28 heavy (non-hydrogen) atoms. The average Bonchev–Trinajstić information content (AvgIpc) is 2.71. The van der Waals surface area contributed by atoms with Crippen molar-refractivity contribution in [3.8, 4) is 5.75 Å². The number of rotatable bonds is 8. The molecule has 2 aliphatic heterocycles. The zero-order valence-corrected chi connectivity index (χ0v) is 18.0. The Balaban J connectivity index is 1.55. The van der Waals surface area contributed by atoms with Crippen LogP contribution in [0.4, 0.5) is 0 Å². The lowest BCUT2D eigenvalue weighted by Crippen LogP contribution is -2.57. The number of aliphatic hydroxyl groups excluding tert-OH is 1. The van der Waals surface area contributed by atoms with E-state index in [-0.39, 0.29) is 6.61 Å². The van der Waals surface area contributed by atoms with Crippen LogP contribution in [0.2, 0.25) is 0 Å². The van der Waals surface area contributed by atoms with Gasteiger partial charge in [-0.15, -0.1) is 0 Å². The molecule has 2 fully saturated rings. The van der Waals surface area contributed by atoms with Gasteiger partial charge in [0.15, 0.2) is 0 Å². The molecule has 2 saturated heterocycles. The van der Waals surface area contributed by atoms with Crippen molar-refractivity contribution in [2.24, 2.45) is 0 Å². The number of hydrogen-bond acceptors (Lipinski definition) is 5. The number of likely N-dealkylation sites (tertiary alicyclic amines) is 1. The molecule has 2 aliphatic rings. The molecule has 0 aromatic heterocycles. The molecule has 2 heterocycles. The van der Waals surface area contributed by atoms with Crippen LogP contribution in [0.3, 0.4) is 0 Å². The van der Waals surface area contributed by atoms with Crippen LogP contribution in [-0.2, 0) is 6.54 Å². The highest BCUT2D eigenvalue weighted by Gasteiger charge is 2.32. The predicted molar refractivity (Wildman–Crippen MR) is 115 cm³/mol. The summed E-state index contributed by atoms with van der Waals surface area (Å²) in [4.78, 5) is 7.86. The van der Waals surface area contributed by atoms with Gasteiger partial charge in [-0.1, -0.05) is 12.1 Å². The first-order valence-corrected chi connectivity index (χ1v) is 11.2. The molecular formula is C23H39N3O2. The third kappa shape index (κ3) is 5.69. The summed E-state index contributed by atoms with van der Waals surface area (Å²) in [6, 6.07) is 10.3. The SMILES string of the molecule is CCOc1ccc(CN2CCN(C3CCN(C(C)C)CC3)CC2CCO)cc1. The molecule has 3 rings (SSSR count). The van der Waals surface area contributed by atoms with Gasteiger partial charge in [0.25, 0.3) is 0 Å². The highest BCUT2D eigenvalue weighted by Crippen LogP contribution is 2.24. The van der Waals surface area contributed by atoms with Crippen LogP contribution in [0.5, 0.6) is 5.75 Å². The van der Waals surface area contributed by atoms with E-state index < -0.39 is 0 Å². The molecule has 158 valence electrons. The predicted octanol–water partition coefficient (Wildman–Crippen LogP) is 2.83. The van der Waals surface area contributed by atoms with Crippen LogP contribution >= 0.6 is 0 Å². The van der Waals surface area contributed by atoms with Crippen LogP contribution < -0.4 is 4.74 Å². The Morgan fingerprint density at radius 1 is 1.07 bits per heavy atom. The van der Waals surface area contributed by atoms with Crippen LogP contribution in [0, 0.1) is 0 Å².